The Bertz CT molecular complexity index is 588. The van der Waals surface area contributed by atoms with Crippen LogP contribution in [0.4, 0.5) is 0 Å². The fraction of sp³-hybridized carbons (Fsp3) is 0.786. The second kappa shape index (κ2) is 6.86. The first-order valence-electron chi connectivity index (χ1n) is 7.74. The van der Waals surface area contributed by atoms with Gasteiger partial charge in [0.05, 0.1) is 6.33 Å². The van der Waals surface area contributed by atoms with Gasteiger partial charge in [-0.05, 0) is 31.7 Å². The van der Waals surface area contributed by atoms with Crippen molar-refractivity contribution < 1.29 is 8.42 Å². The molecule has 2 aliphatic heterocycles. The summed E-state index contributed by atoms with van der Waals surface area (Å²) in [4.78, 5) is 4.16. The number of hydrogen-bond donors (Lipinski definition) is 1. The zero-order valence-corrected chi connectivity index (χ0v) is 14.7. The highest BCUT2D eigenvalue weighted by atomic mass is 35.5. The lowest BCUT2D eigenvalue weighted by molar-refractivity contribution is 0.333. The molecule has 2 aliphatic rings. The Hall–Kier alpha value is -0.630. The lowest BCUT2D eigenvalue weighted by atomic mass is 10.1. The summed E-state index contributed by atoms with van der Waals surface area (Å²) in [5, 5.41) is 3.53. The average molecular weight is 349 g/mol. The minimum atomic E-state index is -3.47. The van der Waals surface area contributed by atoms with Crippen molar-refractivity contribution in [3.63, 3.8) is 0 Å². The number of sulfonamides is 1. The van der Waals surface area contributed by atoms with E-state index in [0.717, 1.165) is 38.9 Å². The summed E-state index contributed by atoms with van der Waals surface area (Å²) in [5.41, 5.74) is 0. The minimum absolute atomic E-state index is 0. The topological polar surface area (TPSA) is 67.2 Å². The molecule has 2 saturated heterocycles. The molecule has 2 unspecified atom stereocenters. The second-order valence-electron chi connectivity index (χ2n) is 6.52. The molecule has 1 aromatic heterocycles. The van der Waals surface area contributed by atoms with Gasteiger partial charge in [-0.25, -0.2) is 13.4 Å². The number of hydrogen-bond acceptors (Lipinski definition) is 4. The van der Waals surface area contributed by atoms with Crippen molar-refractivity contribution in [2.24, 2.45) is 5.92 Å². The van der Waals surface area contributed by atoms with Crippen molar-refractivity contribution in [3.8, 4) is 0 Å². The number of imidazole rings is 1. The summed E-state index contributed by atoms with van der Waals surface area (Å²) in [5.74, 6) is 0.466. The van der Waals surface area contributed by atoms with E-state index in [2.05, 4.69) is 24.1 Å². The van der Waals surface area contributed by atoms with Crippen molar-refractivity contribution in [1.82, 2.24) is 19.2 Å². The van der Waals surface area contributed by atoms with E-state index in [1.54, 1.807) is 16.8 Å². The van der Waals surface area contributed by atoms with Gasteiger partial charge >= 0.3 is 0 Å². The molecule has 0 spiro atoms. The lowest BCUT2D eigenvalue weighted by Gasteiger charge is -2.25. The van der Waals surface area contributed by atoms with Crippen LogP contribution in [0, 0.1) is 5.92 Å². The van der Waals surface area contributed by atoms with Gasteiger partial charge < -0.3 is 9.88 Å². The van der Waals surface area contributed by atoms with Crippen molar-refractivity contribution in [3.05, 3.63) is 12.5 Å². The van der Waals surface area contributed by atoms with Gasteiger partial charge in [-0.1, -0.05) is 13.8 Å². The third-order valence-corrected chi connectivity index (χ3v) is 6.21. The molecule has 0 saturated carbocycles. The maximum Gasteiger partial charge on any atom is 0.262 e. The van der Waals surface area contributed by atoms with Crippen LogP contribution in [0.25, 0.3) is 0 Å². The van der Waals surface area contributed by atoms with E-state index in [9.17, 15) is 8.42 Å². The molecule has 1 aromatic rings. The van der Waals surface area contributed by atoms with Crippen molar-refractivity contribution in [2.75, 3.05) is 13.1 Å². The standard InChI is InChI=1S/C14H24N4O2S.ClH/c1-11(2)8-17-9-14(16-10-17)21(19,20)18-12-3-4-13(18)7-15-6-5-12;/h9-13,15H,3-8H2,1-2H3;1H. The highest BCUT2D eigenvalue weighted by Gasteiger charge is 2.43. The maximum atomic E-state index is 12.9. The summed E-state index contributed by atoms with van der Waals surface area (Å²) < 4.78 is 29.4. The summed E-state index contributed by atoms with van der Waals surface area (Å²) in [7, 11) is -3.47. The van der Waals surface area contributed by atoms with Crippen LogP contribution in [0.5, 0.6) is 0 Å². The molecule has 1 N–H and O–H groups in total. The van der Waals surface area contributed by atoms with Crippen LogP contribution in [0.1, 0.15) is 33.1 Å². The highest BCUT2D eigenvalue weighted by molar-refractivity contribution is 7.89. The molecule has 0 amide bonds. The third kappa shape index (κ3) is 3.32. The van der Waals surface area contributed by atoms with E-state index in [1.165, 1.54) is 0 Å². The molecule has 2 bridgehead atoms. The first kappa shape index (κ1) is 17.7. The Morgan fingerprint density at radius 1 is 1.32 bits per heavy atom. The Balaban J connectivity index is 0.00000176. The molecule has 2 atom stereocenters. The van der Waals surface area contributed by atoms with Crippen molar-refractivity contribution in [1.29, 1.82) is 0 Å². The van der Waals surface area contributed by atoms with Crippen LogP contribution in [0.2, 0.25) is 0 Å². The summed E-state index contributed by atoms with van der Waals surface area (Å²) >= 11 is 0. The Kier molecular flexibility index (Phi) is 5.53. The normalized spacial score (nSPS) is 26.0. The molecule has 2 fully saturated rings. The quantitative estimate of drug-likeness (QED) is 0.894. The van der Waals surface area contributed by atoms with Crippen LogP contribution >= 0.6 is 12.4 Å². The average Bonchev–Trinajstić information content (AvgIpc) is 2.93. The van der Waals surface area contributed by atoms with Gasteiger partial charge in [0.25, 0.3) is 10.0 Å². The molecule has 8 heteroatoms. The Labute approximate surface area is 138 Å². The van der Waals surface area contributed by atoms with Gasteiger partial charge in [0, 0.05) is 31.4 Å². The molecule has 0 radical (unpaired) electrons. The van der Waals surface area contributed by atoms with E-state index in [-0.39, 0.29) is 29.5 Å². The smallest absolute Gasteiger partial charge is 0.262 e. The second-order valence-corrected chi connectivity index (χ2v) is 8.31. The highest BCUT2D eigenvalue weighted by Crippen LogP contribution is 2.33. The predicted octanol–water partition coefficient (Wildman–Crippen LogP) is 1.48. The molecule has 0 aromatic carbocycles. The zero-order chi connectivity index (χ0) is 15.0. The first-order valence-corrected chi connectivity index (χ1v) is 9.18. The summed E-state index contributed by atoms with van der Waals surface area (Å²) in [6, 6.07) is 0.211. The minimum Gasteiger partial charge on any atom is -0.336 e. The van der Waals surface area contributed by atoms with E-state index < -0.39 is 10.0 Å². The molecule has 22 heavy (non-hydrogen) atoms. The van der Waals surface area contributed by atoms with Gasteiger partial charge in [0.15, 0.2) is 5.03 Å². The van der Waals surface area contributed by atoms with E-state index in [4.69, 9.17) is 0 Å². The number of aromatic nitrogens is 2. The molecule has 6 nitrogen and oxygen atoms in total. The van der Waals surface area contributed by atoms with Gasteiger partial charge in [-0.3, -0.25) is 0 Å². The molecule has 0 aliphatic carbocycles. The fourth-order valence-electron chi connectivity index (χ4n) is 3.43. The van der Waals surface area contributed by atoms with Gasteiger partial charge in [-0.2, -0.15) is 4.31 Å². The van der Waals surface area contributed by atoms with Crippen LogP contribution in [-0.2, 0) is 16.6 Å². The summed E-state index contributed by atoms with van der Waals surface area (Å²) in [6.45, 7) is 6.65. The maximum absolute atomic E-state index is 12.9. The van der Waals surface area contributed by atoms with Crippen LogP contribution in [0.15, 0.2) is 17.6 Å². The fourth-order valence-corrected chi connectivity index (χ4v) is 5.27. The largest absolute Gasteiger partial charge is 0.336 e. The number of nitrogens with one attached hydrogen (secondary N) is 1. The number of nitrogens with zero attached hydrogens (tertiary/aromatic N) is 3. The Morgan fingerprint density at radius 3 is 2.77 bits per heavy atom. The predicted molar refractivity (Wildman–Crippen MR) is 87.6 cm³/mol. The van der Waals surface area contributed by atoms with E-state index in [1.807, 2.05) is 4.57 Å². The molecule has 3 rings (SSSR count). The molecule has 3 heterocycles. The number of rotatable bonds is 4. The van der Waals surface area contributed by atoms with Gasteiger partial charge in [0.2, 0.25) is 0 Å². The number of fused-ring (bicyclic) bond motifs is 2. The van der Waals surface area contributed by atoms with Crippen molar-refractivity contribution in [2.45, 2.75) is 56.8 Å². The first-order chi connectivity index (χ1) is 9.98. The monoisotopic (exact) mass is 348 g/mol. The number of halogens is 1. The van der Waals surface area contributed by atoms with Crippen LogP contribution in [0.3, 0.4) is 0 Å². The van der Waals surface area contributed by atoms with Crippen molar-refractivity contribution >= 4 is 22.4 Å². The summed E-state index contributed by atoms with van der Waals surface area (Å²) in [6.07, 6.45) is 6.11. The van der Waals surface area contributed by atoms with Crippen LogP contribution < -0.4 is 5.32 Å². The SMILES string of the molecule is CC(C)Cn1cnc(S(=O)(=O)N2C3CCNCC2CC3)c1.Cl. The van der Waals surface area contributed by atoms with Gasteiger partial charge in [-0.15, -0.1) is 12.4 Å². The Morgan fingerprint density at radius 2 is 2.05 bits per heavy atom. The third-order valence-electron chi connectivity index (χ3n) is 4.31. The van der Waals surface area contributed by atoms with E-state index in [0.29, 0.717) is 5.92 Å². The molecular formula is C14H25ClN4O2S. The molecular weight excluding hydrogens is 324 g/mol. The van der Waals surface area contributed by atoms with E-state index >= 15 is 0 Å². The van der Waals surface area contributed by atoms with Crippen LogP contribution in [-0.4, -0.2) is 47.4 Å². The van der Waals surface area contributed by atoms with Gasteiger partial charge in [0.1, 0.15) is 0 Å². The zero-order valence-electron chi connectivity index (χ0n) is 13.1. The lowest BCUT2D eigenvalue weighted by Crippen LogP contribution is -2.42. The molecule has 126 valence electrons.